The monoisotopic (exact) mass is 339 g/mol. The van der Waals surface area contributed by atoms with Gasteiger partial charge in [-0.2, -0.15) is 0 Å². The quantitative estimate of drug-likeness (QED) is 0.723. The fourth-order valence-electron chi connectivity index (χ4n) is 2.48. The number of oxazole rings is 1. The zero-order valence-corrected chi connectivity index (χ0v) is 14.4. The third-order valence-electron chi connectivity index (χ3n) is 3.84. The smallest absolute Gasteiger partial charge is 0.316 e. The highest BCUT2D eigenvalue weighted by atomic mass is 16.4. The molecule has 2 amide bonds. The van der Waals surface area contributed by atoms with Gasteiger partial charge in [0, 0.05) is 5.56 Å². The van der Waals surface area contributed by atoms with Crippen LogP contribution in [-0.2, 0) is 0 Å². The predicted octanol–water partition coefficient (Wildman–Crippen LogP) is 4.36. The second-order valence-corrected chi connectivity index (χ2v) is 5.94. The normalized spacial score (nSPS) is 13.2. The van der Waals surface area contributed by atoms with E-state index in [1.165, 1.54) is 0 Å². The van der Waals surface area contributed by atoms with E-state index in [4.69, 9.17) is 8.83 Å². The largest absolute Gasteiger partial charge is 0.464 e. The number of hydrogen-bond acceptors (Lipinski definition) is 4. The molecule has 3 aromatic rings. The number of furan rings is 1. The van der Waals surface area contributed by atoms with Crippen molar-refractivity contribution in [2.24, 2.45) is 0 Å². The highest BCUT2D eigenvalue weighted by Crippen LogP contribution is 2.22. The first-order valence-corrected chi connectivity index (χ1v) is 8.17. The average Bonchev–Trinajstić information content (AvgIpc) is 3.24. The van der Waals surface area contributed by atoms with Crippen molar-refractivity contribution in [2.75, 3.05) is 0 Å². The maximum atomic E-state index is 12.2. The number of carbonyl (C=O) groups excluding carboxylic acids is 1. The lowest BCUT2D eigenvalue weighted by molar-refractivity contribution is 0.231. The molecule has 6 heteroatoms. The molecule has 0 aliphatic heterocycles. The van der Waals surface area contributed by atoms with E-state index in [-0.39, 0.29) is 18.1 Å². The summed E-state index contributed by atoms with van der Waals surface area (Å²) in [5.41, 5.74) is 0.944. The molecule has 0 fully saturated rings. The number of urea groups is 1. The minimum absolute atomic E-state index is 0.231. The first kappa shape index (κ1) is 16.8. The van der Waals surface area contributed by atoms with Crippen LogP contribution in [0.15, 0.2) is 57.5 Å². The van der Waals surface area contributed by atoms with E-state index in [0.29, 0.717) is 17.4 Å². The van der Waals surface area contributed by atoms with Crippen LogP contribution >= 0.6 is 0 Å². The maximum Gasteiger partial charge on any atom is 0.316 e. The molecule has 0 bridgehead atoms. The van der Waals surface area contributed by atoms with Crippen molar-refractivity contribution < 1.29 is 13.6 Å². The van der Waals surface area contributed by atoms with Gasteiger partial charge in [-0.3, -0.25) is 0 Å². The molecule has 1 aromatic carbocycles. The molecule has 2 atom stereocenters. The van der Waals surface area contributed by atoms with Crippen LogP contribution < -0.4 is 10.6 Å². The topological polar surface area (TPSA) is 80.3 Å². The molecular formula is C19H21N3O3. The van der Waals surface area contributed by atoms with Gasteiger partial charge in [-0.05, 0) is 32.9 Å². The number of hydrogen-bond donors (Lipinski definition) is 2. The highest BCUT2D eigenvalue weighted by molar-refractivity contribution is 5.74. The Labute approximate surface area is 146 Å². The molecule has 25 heavy (non-hydrogen) atoms. The molecule has 0 radical (unpaired) electrons. The van der Waals surface area contributed by atoms with Crippen LogP contribution in [0.3, 0.4) is 0 Å². The molecule has 0 aliphatic rings. The van der Waals surface area contributed by atoms with E-state index in [0.717, 1.165) is 11.3 Å². The van der Waals surface area contributed by atoms with Crippen LogP contribution in [0.25, 0.3) is 11.3 Å². The van der Waals surface area contributed by atoms with Gasteiger partial charge in [0.1, 0.15) is 17.6 Å². The summed E-state index contributed by atoms with van der Waals surface area (Å²) in [5.74, 6) is 2.65. The fourth-order valence-corrected chi connectivity index (χ4v) is 2.48. The van der Waals surface area contributed by atoms with Crippen molar-refractivity contribution in [2.45, 2.75) is 32.9 Å². The number of aromatic nitrogens is 1. The third kappa shape index (κ3) is 4.09. The lowest BCUT2D eigenvalue weighted by Crippen LogP contribution is -2.38. The summed E-state index contributed by atoms with van der Waals surface area (Å²) in [7, 11) is 0. The summed E-state index contributed by atoms with van der Waals surface area (Å²) in [4.78, 5) is 16.4. The van der Waals surface area contributed by atoms with Crippen molar-refractivity contribution in [1.82, 2.24) is 15.6 Å². The summed E-state index contributed by atoms with van der Waals surface area (Å²) in [6, 6.07) is 12.5. The molecule has 0 aliphatic carbocycles. The van der Waals surface area contributed by atoms with Crippen LogP contribution in [0.4, 0.5) is 4.79 Å². The number of aryl methyl sites for hydroxylation is 1. The number of benzene rings is 1. The number of nitrogens with zero attached hydrogens (tertiary/aromatic N) is 1. The van der Waals surface area contributed by atoms with Crippen LogP contribution in [0, 0.1) is 6.92 Å². The fraction of sp³-hybridized carbons (Fsp3) is 0.263. The van der Waals surface area contributed by atoms with Gasteiger partial charge in [-0.15, -0.1) is 0 Å². The van der Waals surface area contributed by atoms with E-state index >= 15 is 0 Å². The Bertz CT molecular complexity index is 838. The summed E-state index contributed by atoms with van der Waals surface area (Å²) in [6.45, 7) is 5.55. The highest BCUT2D eigenvalue weighted by Gasteiger charge is 2.18. The lowest BCUT2D eigenvalue weighted by Gasteiger charge is -2.15. The van der Waals surface area contributed by atoms with E-state index < -0.39 is 0 Å². The molecule has 0 saturated carbocycles. The Balaban J connectivity index is 1.59. The number of amides is 2. The maximum absolute atomic E-state index is 12.2. The van der Waals surface area contributed by atoms with Crippen LogP contribution in [0.5, 0.6) is 0 Å². The average molecular weight is 339 g/mol. The lowest BCUT2D eigenvalue weighted by atomic mass is 10.2. The summed E-state index contributed by atoms with van der Waals surface area (Å²) < 4.78 is 11.3. The van der Waals surface area contributed by atoms with E-state index in [1.807, 2.05) is 63.2 Å². The van der Waals surface area contributed by atoms with E-state index in [2.05, 4.69) is 15.6 Å². The molecule has 6 nitrogen and oxygen atoms in total. The Hall–Kier alpha value is -3.02. The summed E-state index contributed by atoms with van der Waals surface area (Å²) in [5, 5.41) is 5.66. The molecule has 2 N–H and O–H groups in total. The van der Waals surface area contributed by atoms with Crippen LogP contribution in [0.2, 0.25) is 0 Å². The first-order valence-electron chi connectivity index (χ1n) is 8.17. The summed E-state index contributed by atoms with van der Waals surface area (Å²) in [6.07, 6.45) is 1.66. The molecule has 3 rings (SSSR count). The van der Waals surface area contributed by atoms with Crippen molar-refractivity contribution >= 4 is 6.03 Å². The SMILES string of the molecule is Cc1ccc([C@@H](C)NC(=O)N[C@@H](C)c2ncc(-c3ccccc3)o2)o1. The van der Waals surface area contributed by atoms with Crippen molar-refractivity contribution in [3.05, 3.63) is 66.1 Å². The van der Waals surface area contributed by atoms with Gasteiger partial charge in [-0.25, -0.2) is 9.78 Å². The Kier molecular flexibility index (Phi) is 4.88. The third-order valence-corrected chi connectivity index (χ3v) is 3.84. The second-order valence-electron chi connectivity index (χ2n) is 5.94. The standard InChI is InChI=1S/C19H21N3O3/c1-12-9-10-16(24-12)13(2)21-19(23)22-14(3)18-20-11-17(25-18)15-7-5-4-6-8-15/h4-11,13-14H,1-3H3,(H2,21,22,23)/t13-,14+/m1/s1. The number of rotatable bonds is 5. The molecule has 2 heterocycles. The first-order chi connectivity index (χ1) is 12.0. The molecule has 0 unspecified atom stereocenters. The Morgan fingerprint density at radius 2 is 1.72 bits per heavy atom. The zero-order chi connectivity index (χ0) is 17.8. The number of carbonyl (C=O) groups is 1. The molecule has 0 saturated heterocycles. The van der Waals surface area contributed by atoms with Gasteiger partial charge in [0.05, 0.1) is 12.2 Å². The molecule has 130 valence electrons. The molecule has 2 aromatic heterocycles. The van der Waals surface area contributed by atoms with Gasteiger partial charge in [-0.1, -0.05) is 30.3 Å². The number of nitrogens with one attached hydrogen (secondary N) is 2. The summed E-state index contributed by atoms with van der Waals surface area (Å²) >= 11 is 0. The van der Waals surface area contributed by atoms with E-state index in [9.17, 15) is 4.79 Å². The Morgan fingerprint density at radius 3 is 2.40 bits per heavy atom. The second kappa shape index (κ2) is 7.25. The van der Waals surface area contributed by atoms with Crippen LogP contribution in [0.1, 0.15) is 43.3 Å². The van der Waals surface area contributed by atoms with Gasteiger partial charge in [0.15, 0.2) is 5.76 Å². The van der Waals surface area contributed by atoms with Gasteiger partial charge in [0.25, 0.3) is 0 Å². The minimum atomic E-state index is -0.358. The minimum Gasteiger partial charge on any atom is -0.464 e. The van der Waals surface area contributed by atoms with Crippen molar-refractivity contribution in [1.29, 1.82) is 0 Å². The Morgan fingerprint density at radius 1 is 1.00 bits per heavy atom. The van der Waals surface area contributed by atoms with Gasteiger partial charge < -0.3 is 19.5 Å². The predicted molar refractivity (Wildman–Crippen MR) is 93.9 cm³/mol. The van der Waals surface area contributed by atoms with Crippen molar-refractivity contribution in [3.8, 4) is 11.3 Å². The molecule has 0 spiro atoms. The molecular weight excluding hydrogens is 318 g/mol. The van der Waals surface area contributed by atoms with Gasteiger partial charge >= 0.3 is 6.03 Å². The van der Waals surface area contributed by atoms with Gasteiger partial charge in [0.2, 0.25) is 5.89 Å². The van der Waals surface area contributed by atoms with Crippen molar-refractivity contribution in [3.63, 3.8) is 0 Å². The van der Waals surface area contributed by atoms with Crippen LogP contribution in [-0.4, -0.2) is 11.0 Å². The van der Waals surface area contributed by atoms with E-state index in [1.54, 1.807) is 6.20 Å². The zero-order valence-electron chi connectivity index (χ0n) is 14.4.